The maximum atomic E-state index is 3.60. The molecule has 0 bridgehead atoms. The minimum atomic E-state index is 0.241. The molecule has 0 radical (unpaired) electrons. The van der Waals surface area contributed by atoms with Gasteiger partial charge in [0, 0.05) is 27.8 Å². The van der Waals surface area contributed by atoms with Gasteiger partial charge >= 0.3 is 0 Å². The summed E-state index contributed by atoms with van der Waals surface area (Å²) in [4.78, 5) is 2.90. The van der Waals surface area contributed by atoms with Crippen LogP contribution in [0.25, 0.3) is 10.4 Å². The van der Waals surface area contributed by atoms with Crippen molar-refractivity contribution in [2.45, 2.75) is 32.2 Å². The van der Waals surface area contributed by atoms with E-state index < -0.39 is 0 Å². The van der Waals surface area contributed by atoms with Crippen LogP contribution in [0.4, 0.5) is 0 Å². The van der Waals surface area contributed by atoms with E-state index in [1.807, 2.05) is 11.3 Å². The topological polar surface area (TPSA) is 12.0 Å². The molecule has 0 saturated heterocycles. The summed E-state index contributed by atoms with van der Waals surface area (Å²) < 4.78 is 0. The van der Waals surface area contributed by atoms with Crippen LogP contribution in [-0.4, -0.2) is 6.54 Å². The Hall–Kier alpha value is -1.12. The van der Waals surface area contributed by atoms with Crippen LogP contribution in [0, 0.1) is 0 Å². The van der Waals surface area contributed by atoms with Crippen LogP contribution >= 0.6 is 11.3 Å². The van der Waals surface area contributed by atoms with Gasteiger partial charge in [0.05, 0.1) is 0 Å². The molecule has 18 heavy (non-hydrogen) atoms. The first-order valence-corrected chi connectivity index (χ1v) is 7.32. The Morgan fingerprint density at radius 3 is 2.61 bits per heavy atom. The van der Waals surface area contributed by atoms with Crippen LogP contribution < -0.4 is 5.32 Å². The van der Waals surface area contributed by atoms with Gasteiger partial charge in [0.2, 0.25) is 0 Å². The predicted molar refractivity (Wildman–Crippen MR) is 79.2 cm³/mol. The summed E-state index contributed by atoms with van der Waals surface area (Å²) in [5, 5.41) is 3.60. The molecule has 1 nitrogen and oxygen atoms in total. The van der Waals surface area contributed by atoms with Crippen molar-refractivity contribution in [3.8, 4) is 10.4 Å². The van der Waals surface area contributed by atoms with Gasteiger partial charge in [-0.2, -0.15) is 0 Å². The van der Waals surface area contributed by atoms with Gasteiger partial charge in [-0.05, 0) is 24.1 Å². The molecular formula is C16H19NS. The summed E-state index contributed by atoms with van der Waals surface area (Å²) in [7, 11) is 0. The SMILES string of the molecule is CC1NCC(C)(C)c2cc(-c3ccccc3)sc21. The van der Waals surface area contributed by atoms with Crippen LogP contribution in [0.15, 0.2) is 36.4 Å². The standard InChI is InChI=1S/C16H19NS/c1-11-15-13(16(2,3)10-17-11)9-14(18-15)12-7-5-4-6-8-12/h4-9,11,17H,10H2,1-3H3. The number of nitrogens with one attached hydrogen (secondary N) is 1. The van der Waals surface area contributed by atoms with Crippen LogP contribution in [0.1, 0.15) is 37.3 Å². The summed E-state index contributed by atoms with van der Waals surface area (Å²) in [6.07, 6.45) is 0. The Bertz CT molecular complexity index is 554. The second kappa shape index (κ2) is 4.22. The van der Waals surface area contributed by atoms with E-state index in [0.29, 0.717) is 6.04 Å². The second-order valence-electron chi connectivity index (χ2n) is 5.74. The first-order valence-electron chi connectivity index (χ1n) is 6.51. The van der Waals surface area contributed by atoms with E-state index in [2.05, 4.69) is 62.5 Å². The third-order valence-electron chi connectivity index (χ3n) is 3.79. The highest BCUT2D eigenvalue weighted by atomic mass is 32.1. The largest absolute Gasteiger partial charge is 0.309 e. The Kier molecular flexibility index (Phi) is 2.80. The maximum Gasteiger partial charge on any atom is 0.0389 e. The van der Waals surface area contributed by atoms with Gasteiger partial charge in [-0.3, -0.25) is 0 Å². The van der Waals surface area contributed by atoms with Crippen molar-refractivity contribution >= 4 is 11.3 Å². The number of hydrogen-bond donors (Lipinski definition) is 1. The molecule has 0 aliphatic carbocycles. The van der Waals surface area contributed by atoms with Crippen molar-refractivity contribution < 1.29 is 0 Å². The van der Waals surface area contributed by atoms with Crippen LogP contribution in [-0.2, 0) is 5.41 Å². The predicted octanol–water partition coefficient (Wildman–Crippen LogP) is 4.36. The molecule has 1 aromatic heterocycles. The summed E-state index contributed by atoms with van der Waals surface area (Å²) in [6.45, 7) is 7.98. The average Bonchev–Trinajstić information content (AvgIpc) is 2.82. The molecule has 2 aromatic rings. The number of benzene rings is 1. The third kappa shape index (κ3) is 1.90. The zero-order valence-corrected chi connectivity index (χ0v) is 12.0. The highest BCUT2D eigenvalue weighted by Gasteiger charge is 2.32. The molecule has 3 rings (SSSR count). The fraction of sp³-hybridized carbons (Fsp3) is 0.375. The van der Waals surface area contributed by atoms with E-state index in [0.717, 1.165) is 6.54 Å². The molecular weight excluding hydrogens is 238 g/mol. The highest BCUT2D eigenvalue weighted by Crippen LogP contribution is 2.43. The first kappa shape index (κ1) is 11.9. The molecule has 0 amide bonds. The minimum Gasteiger partial charge on any atom is -0.309 e. The molecule has 2 heteroatoms. The number of hydrogen-bond acceptors (Lipinski definition) is 2. The lowest BCUT2D eigenvalue weighted by Gasteiger charge is -2.34. The monoisotopic (exact) mass is 257 g/mol. The third-order valence-corrected chi connectivity index (χ3v) is 5.16. The molecule has 1 aliphatic heterocycles. The normalized spacial score (nSPS) is 21.6. The van der Waals surface area contributed by atoms with Crippen molar-refractivity contribution in [2.75, 3.05) is 6.54 Å². The zero-order valence-electron chi connectivity index (χ0n) is 11.2. The van der Waals surface area contributed by atoms with Gasteiger partial charge in [-0.15, -0.1) is 11.3 Å². The van der Waals surface area contributed by atoms with E-state index in [4.69, 9.17) is 0 Å². The lowest BCUT2D eigenvalue weighted by atomic mass is 9.80. The lowest BCUT2D eigenvalue weighted by molar-refractivity contribution is 0.401. The number of rotatable bonds is 1. The zero-order chi connectivity index (χ0) is 12.8. The molecule has 1 N–H and O–H groups in total. The second-order valence-corrected chi connectivity index (χ2v) is 6.82. The van der Waals surface area contributed by atoms with Crippen LogP contribution in [0.2, 0.25) is 0 Å². The average molecular weight is 257 g/mol. The Morgan fingerprint density at radius 1 is 1.22 bits per heavy atom. The van der Waals surface area contributed by atoms with Gasteiger partial charge in [-0.25, -0.2) is 0 Å². The number of thiophene rings is 1. The molecule has 1 atom stereocenters. The molecule has 1 aliphatic rings. The van der Waals surface area contributed by atoms with Gasteiger partial charge in [0.25, 0.3) is 0 Å². The van der Waals surface area contributed by atoms with Crippen molar-refractivity contribution in [1.29, 1.82) is 0 Å². The fourth-order valence-electron chi connectivity index (χ4n) is 2.60. The Balaban J connectivity index is 2.11. The molecule has 2 heterocycles. The van der Waals surface area contributed by atoms with Crippen molar-refractivity contribution in [1.82, 2.24) is 5.32 Å². The molecule has 0 spiro atoms. The smallest absolute Gasteiger partial charge is 0.0389 e. The van der Waals surface area contributed by atoms with Crippen molar-refractivity contribution in [2.24, 2.45) is 0 Å². The Labute approximate surface area is 113 Å². The minimum absolute atomic E-state index is 0.241. The van der Waals surface area contributed by atoms with Crippen molar-refractivity contribution in [3.63, 3.8) is 0 Å². The van der Waals surface area contributed by atoms with Crippen LogP contribution in [0.5, 0.6) is 0 Å². The van der Waals surface area contributed by atoms with Gasteiger partial charge in [0.15, 0.2) is 0 Å². The molecule has 1 unspecified atom stereocenters. The first-order chi connectivity index (χ1) is 8.58. The van der Waals surface area contributed by atoms with E-state index in [1.165, 1.54) is 20.9 Å². The quantitative estimate of drug-likeness (QED) is 0.800. The number of fused-ring (bicyclic) bond motifs is 1. The fourth-order valence-corrected chi connectivity index (χ4v) is 3.97. The van der Waals surface area contributed by atoms with E-state index >= 15 is 0 Å². The van der Waals surface area contributed by atoms with Crippen molar-refractivity contribution in [3.05, 3.63) is 46.8 Å². The molecule has 0 fully saturated rings. The maximum absolute atomic E-state index is 3.60. The van der Waals surface area contributed by atoms with E-state index in [1.54, 1.807) is 0 Å². The van der Waals surface area contributed by atoms with E-state index in [9.17, 15) is 0 Å². The highest BCUT2D eigenvalue weighted by molar-refractivity contribution is 7.15. The molecule has 1 aromatic carbocycles. The van der Waals surface area contributed by atoms with Gasteiger partial charge in [-0.1, -0.05) is 44.2 Å². The van der Waals surface area contributed by atoms with Crippen LogP contribution in [0.3, 0.4) is 0 Å². The lowest BCUT2D eigenvalue weighted by Crippen LogP contribution is -2.39. The van der Waals surface area contributed by atoms with E-state index in [-0.39, 0.29) is 5.41 Å². The van der Waals surface area contributed by atoms with Gasteiger partial charge < -0.3 is 5.32 Å². The summed E-state index contributed by atoms with van der Waals surface area (Å²) >= 11 is 1.94. The summed E-state index contributed by atoms with van der Waals surface area (Å²) in [6, 6.07) is 13.6. The molecule has 0 saturated carbocycles. The Morgan fingerprint density at radius 2 is 1.94 bits per heavy atom. The molecule has 94 valence electrons. The van der Waals surface area contributed by atoms with Gasteiger partial charge in [0.1, 0.15) is 0 Å². The summed E-state index contributed by atoms with van der Waals surface area (Å²) in [5.74, 6) is 0. The summed E-state index contributed by atoms with van der Waals surface area (Å²) in [5.41, 5.74) is 3.10.